The molecule has 1 aromatic carbocycles. The molecule has 1 aliphatic rings. The van der Waals surface area contributed by atoms with Gasteiger partial charge in [-0.25, -0.2) is 0 Å². The Morgan fingerprint density at radius 2 is 1.87 bits per heavy atom. The van der Waals surface area contributed by atoms with Gasteiger partial charge < -0.3 is 25.0 Å². The summed E-state index contributed by atoms with van der Waals surface area (Å²) in [6.45, 7) is 11.0. The normalized spacial score (nSPS) is 16.0. The highest BCUT2D eigenvalue weighted by molar-refractivity contribution is 5.79. The number of piperidine rings is 1. The number of hydrogen-bond acceptors (Lipinski definition) is 5. The van der Waals surface area contributed by atoms with Crippen molar-refractivity contribution in [3.05, 3.63) is 29.8 Å². The van der Waals surface area contributed by atoms with Crippen LogP contribution in [-0.4, -0.2) is 89.4 Å². The first-order chi connectivity index (χ1) is 15.1. The summed E-state index contributed by atoms with van der Waals surface area (Å²) in [5, 5.41) is 6.86. The van der Waals surface area contributed by atoms with Gasteiger partial charge in [-0.05, 0) is 69.9 Å². The van der Waals surface area contributed by atoms with Crippen molar-refractivity contribution < 1.29 is 9.47 Å². The summed E-state index contributed by atoms with van der Waals surface area (Å²) in [7, 11) is 5.62. The SMILES string of the molecule is CCNC(=NCC1CCN(Cc2ccc(OC)cc2)CC1)NCCN(C)CCCOC. The molecular weight excluding hydrogens is 390 g/mol. The molecule has 31 heavy (non-hydrogen) atoms. The summed E-state index contributed by atoms with van der Waals surface area (Å²) in [6.07, 6.45) is 3.49. The molecule has 2 N–H and O–H groups in total. The monoisotopic (exact) mass is 433 g/mol. The predicted octanol–water partition coefficient (Wildman–Crippen LogP) is 2.43. The highest BCUT2D eigenvalue weighted by Crippen LogP contribution is 2.20. The van der Waals surface area contributed by atoms with Crippen molar-refractivity contribution in [3.8, 4) is 5.75 Å². The number of likely N-dealkylation sites (N-methyl/N-ethyl adjacent to an activating group) is 1. The molecule has 0 bridgehead atoms. The average Bonchev–Trinajstić information content (AvgIpc) is 2.79. The Morgan fingerprint density at radius 1 is 1.13 bits per heavy atom. The molecule has 0 unspecified atom stereocenters. The van der Waals surface area contributed by atoms with E-state index in [1.54, 1.807) is 14.2 Å². The second-order valence-corrected chi connectivity index (χ2v) is 8.36. The maximum atomic E-state index is 5.25. The summed E-state index contributed by atoms with van der Waals surface area (Å²) in [4.78, 5) is 9.74. The molecule has 7 heteroatoms. The summed E-state index contributed by atoms with van der Waals surface area (Å²) >= 11 is 0. The molecule has 0 aromatic heterocycles. The molecule has 1 aliphatic heterocycles. The molecule has 1 aromatic rings. The lowest BCUT2D eigenvalue weighted by Crippen LogP contribution is -2.41. The third-order valence-electron chi connectivity index (χ3n) is 5.80. The summed E-state index contributed by atoms with van der Waals surface area (Å²) in [5.41, 5.74) is 1.35. The minimum absolute atomic E-state index is 0.666. The Bertz CT molecular complexity index is 615. The lowest BCUT2D eigenvalue weighted by Gasteiger charge is -2.31. The van der Waals surface area contributed by atoms with Crippen molar-refractivity contribution in [2.45, 2.75) is 32.7 Å². The summed E-state index contributed by atoms with van der Waals surface area (Å²) < 4.78 is 10.4. The zero-order valence-electron chi connectivity index (χ0n) is 20.0. The average molecular weight is 434 g/mol. The van der Waals surface area contributed by atoms with Crippen molar-refractivity contribution in [1.82, 2.24) is 20.4 Å². The second kappa shape index (κ2) is 15.1. The van der Waals surface area contributed by atoms with Crippen LogP contribution < -0.4 is 15.4 Å². The number of likely N-dealkylation sites (tertiary alicyclic amines) is 1. The van der Waals surface area contributed by atoms with Gasteiger partial charge in [-0.1, -0.05) is 12.1 Å². The molecule has 0 spiro atoms. The fourth-order valence-electron chi connectivity index (χ4n) is 3.83. The molecule has 1 heterocycles. The first kappa shape index (κ1) is 25.4. The first-order valence-corrected chi connectivity index (χ1v) is 11.7. The zero-order chi connectivity index (χ0) is 22.3. The van der Waals surface area contributed by atoms with E-state index in [1.165, 1.54) is 18.4 Å². The zero-order valence-corrected chi connectivity index (χ0v) is 20.0. The number of ether oxygens (including phenoxy) is 2. The molecular formula is C24H43N5O2. The van der Waals surface area contributed by atoms with Gasteiger partial charge in [0.2, 0.25) is 0 Å². The third kappa shape index (κ3) is 10.4. The number of methoxy groups -OCH3 is 2. The molecule has 0 radical (unpaired) electrons. The Balaban J connectivity index is 1.68. The van der Waals surface area contributed by atoms with Crippen molar-refractivity contribution in [1.29, 1.82) is 0 Å². The van der Waals surface area contributed by atoms with Crippen LogP contribution in [0.1, 0.15) is 31.7 Å². The van der Waals surface area contributed by atoms with Crippen molar-refractivity contribution in [3.63, 3.8) is 0 Å². The van der Waals surface area contributed by atoms with Crippen LogP contribution in [0, 0.1) is 5.92 Å². The van der Waals surface area contributed by atoms with Crippen LogP contribution in [-0.2, 0) is 11.3 Å². The second-order valence-electron chi connectivity index (χ2n) is 8.36. The van der Waals surface area contributed by atoms with Crippen LogP contribution in [0.5, 0.6) is 5.75 Å². The number of nitrogens with one attached hydrogen (secondary N) is 2. The van der Waals surface area contributed by atoms with E-state index in [-0.39, 0.29) is 0 Å². The van der Waals surface area contributed by atoms with E-state index in [0.29, 0.717) is 5.92 Å². The van der Waals surface area contributed by atoms with Gasteiger partial charge >= 0.3 is 0 Å². The van der Waals surface area contributed by atoms with Crippen molar-refractivity contribution in [2.75, 3.05) is 73.7 Å². The maximum absolute atomic E-state index is 5.25. The van der Waals surface area contributed by atoms with Crippen LogP contribution in [0.25, 0.3) is 0 Å². The quantitative estimate of drug-likeness (QED) is 0.283. The van der Waals surface area contributed by atoms with Crippen LogP contribution in [0.15, 0.2) is 29.3 Å². The number of rotatable bonds is 13. The van der Waals surface area contributed by atoms with Gasteiger partial charge in [0.1, 0.15) is 5.75 Å². The van der Waals surface area contributed by atoms with Gasteiger partial charge in [0.15, 0.2) is 5.96 Å². The lowest BCUT2D eigenvalue weighted by atomic mass is 9.96. The Kier molecular flexibility index (Phi) is 12.3. The molecule has 7 nitrogen and oxygen atoms in total. The van der Waals surface area contributed by atoms with Crippen LogP contribution in [0.3, 0.4) is 0 Å². The van der Waals surface area contributed by atoms with Gasteiger partial charge in [-0.2, -0.15) is 0 Å². The number of guanidine groups is 1. The van der Waals surface area contributed by atoms with E-state index in [2.05, 4.69) is 46.5 Å². The Morgan fingerprint density at radius 3 is 2.52 bits per heavy atom. The van der Waals surface area contributed by atoms with E-state index in [4.69, 9.17) is 14.5 Å². The van der Waals surface area contributed by atoms with Gasteiger partial charge in [0.05, 0.1) is 7.11 Å². The van der Waals surface area contributed by atoms with Crippen LogP contribution >= 0.6 is 0 Å². The van der Waals surface area contributed by atoms with E-state index in [9.17, 15) is 0 Å². The number of hydrogen-bond donors (Lipinski definition) is 2. The highest BCUT2D eigenvalue weighted by atomic mass is 16.5. The minimum atomic E-state index is 0.666. The predicted molar refractivity (Wildman–Crippen MR) is 129 cm³/mol. The van der Waals surface area contributed by atoms with Crippen molar-refractivity contribution in [2.24, 2.45) is 10.9 Å². The smallest absolute Gasteiger partial charge is 0.191 e. The van der Waals surface area contributed by atoms with Gasteiger partial charge in [0.25, 0.3) is 0 Å². The molecule has 1 saturated heterocycles. The minimum Gasteiger partial charge on any atom is -0.497 e. The number of nitrogens with zero attached hydrogens (tertiary/aromatic N) is 3. The van der Waals surface area contributed by atoms with Gasteiger partial charge in [-0.15, -0.1) is 0 Å². The fourth-order valence-corrected chi connectivity index (χ4v) is 3.83. The van der Waals surface area contributed by atoms with Crippen LogP contribution in [0.2, 0.25) is 0 Å². The van der Waals surface area contributed by atoms with E-state index in [1.807, 2.05) is 12.1 Å². The highest BCUT2D eigenvalue weighted by Gasteiger charge is 2.19. The summed E-state index contributed by atoms with van der Waals surface area (Å²) in [6, 6.07) is 8.42. The molecule has 1 fully saturated rings. The topological polar surface area (TPSA) is 61.4 Å². The van der Waals surface area contributed by atoms with Crippen molar-refractivity contribution >= 4 is 5.96 Å². The van der Waals surface area contributed by atoms with Crippen LogP contribution in [0.4, 0.5) is 0 Å². The maximum Gasteiger partial charge on any atom is 0.191 e. The van der Waals surface area contributed by atoms with E-state index < -0.39 is 0 Å². The largest absolute Gasteiger partial charge is 0.497 e. The Labute approximate surface area is 189 Å². The molecule has 0 amide bonds. The van der Waals surface area contributed by atoms with E-state index >= 15 is 0 Å². The molecule has 176 valence electrons. The molecule has 0 atom stereocenters. The lowest BCUT2D eigenvalue weighted by molar-refractivity contribution is 0.179. The van der Waals surface area contributed by atoms with E-state index in [0.717, 1.165) is 77.1 Å². The number of aliphatic imine (C=N–C) groups is 1. The Hall–Kier alpha value is -1.83. The fraction of sp³-hybridized carbons (Fsp3) is 0.708. The molecule has 2 rings (SSSR count). The van der Waals surface area contributed by atoms with Gasteiger partial charge in [-0.3, -0.25) is 9.89 Å². The third-order valence-corrected chi connectivity index (χ3v) is 5.80. The summed E-state index contributed by atoms with van der Waals surface area (Å²) in [5.74, 6) is 2.52. The number of benzene rings is 1. The molecule has 0 saturated carbocycles. The molecule has 0 aliphatic carbocycles. The van der Waals surface area contributed by atoms with Gasteiger partial charge in [0, 0.05) is 53.0 Å². The standard InChI is InChI=1S/C24H43N5O2/c1-5-25-24(26-13-17-28(2)14-6-18-30-3)27-19-21-11-15-29(16-12-21)20-22-7-9-23(31-4)10-8-22/h7-10,21H,5-6,11-20H2,1-4H3,(H2,25,26,27). The first-order valence-electron chi connectivity index (χ1n) is 11.7.